The van der Waals surface area contributed by atoms with E-state index in [0.717, 1.165) is 22.6 Å². The summed E-state index contributed by atoms with van der Waals surface area (Å²) in [6.45, 7) is 6.08. The zero-order valence-corrected chi connectivity index (χ0v) is 14.7. The Morgan fingerprint density at radius 1 is 1.20 bits per heavy atom. The van der Waals surface area contributed by atoms with Crippen LogP contribution in [0.4, 0.5) is 5.69 Å². The highest BCUT2D eigenvalue weighted by molar-refractivity contribution is 8.18. The van der Waals surface area contributed by atoms with Crippen molar-refractivity contribution >= 4 is 34.6 Å². The van der Waals surface area contributed by atoms with Gasteiger partial charge < -0.3 is 10.1 Å². The molecule has 0 radical (unpaired) electrons. The van der Waals surface area contributed by atoms with Crippen molar-refractivity contribution in [2.75, 3.05) is 6.61 Å². The second-order valence-corrected chi connectivity index (χ2v) is 6.47. The summed E-state index contributed by atoms with van der Waals surface area (Å²) in [5.74, 6) is 0.636. The summed E-state index contributed by atoms with van der Waals surface area (Å²) in [7, 11) is 0. The molecule has 0 saturated carbocycles. The fourth-order valence-electron chi connectivity index (χ4n) is 2.25. The molecule has 1 amide bonds. The molecule has 0 bridgehead atoms. The number of nitrogens with zero attached hydrogens (tertiary/aromatic N) is 1. The first kappa shape index (κ1) is 17.0. The highest BCUT2D eigenvalue weighted by Crippen LogP contribution is 2.29. The maximum Gasteiger partial charge on any atom is 0.264 e. The third-order valence-electron chi connectivity index (χ3n) is 3.53. The van der Waals surface area contributed by atoms with E-state index in [-0.39, 0.29) is 5.91 Å². The van der Waals surface area contributed by atoms with E-state index in [1.807, 2.05) is 61.5 Å². The zero-order chi connectivity index (χ0) is 17.6. The molecule has 4 nitrogen and oxygen atoms in total. The molecule has 1 heterocycles. The highest BCUT2D eigenvalue weighted by atomic mass is 32.2. The second kappa shape index (κ2) is 7.85. The van der Waals surface area contributed by atoms with Gasteiger partial charge in [-0.25, -0.2) is 4.99 Å². The van der Waals surface area contributed by atoms with Crippen molar-refractivity contribution in [1.82, 2.24) is 5.32 Å². The van der Waals surface area contributed by atoms with E-state index in [0.29, 0.717) is 16.7 Å². The second-order valence-electron chi connectivity index (χ2n) is 5.44. The SMILES string of the molecule is C=CCOc1ccc(/C=C2\SC(=Nc3ccccc3C)NC2=O)cc1. The van der Waals surface area contributed by atoms with Gasteiger partial charge in [0.15, 0.2) is 5.17 Å². The molecule has 0 spiro atoms. The number of amides is 1. The quantitative estimate of drug-likeness (QED) is 0.640. The van der Waals surface area contributed by atoms with Crippen LogP contribution in [0.5, 0.6) is 5.75 Å². The molecule has 1 N–H and O–H groups in total. The number of ether oxygens (including phenoxy) is 1. The molecule has 2 aromatic carbocycles. The Kier molecular flexibility index (Phi) is 5.36. The number of para-hydroxylation sites is 1. The molecular formula is C20H18N2O2S. The summed E-state index contributed by atoms with van der Waals surface area (Å²) in [4.78, 5) is 17.3. The van der Waals surface area contributed by atoms with Gasteiger partial charge in [-0.1, -0.05) is 43.0 Å². The largest absolute Gasteiger partial charge is 0.490 e. The van der Waals surface area contributed by atoms with Crippen LogP contribution in [0, 0.1) is 6.92 Å². The lowest BCUT2D eigenvalue weighted by molar-refractivity contribution is -0.115. The van der Waals surface area contributed by atoms with Crippen LogP contribution in [0.15, 0.2) is 71.1 Å². The van der Waals surface area contributed by atoms with Gasteiger partial charge >= 0.3 is 0 Å². The average molecular weight is 350 g/mol. The maximum atomic E-state index is 12.2. The van der Waals surface area contributed by atoms with Gasteiger partial charge in [-0.05, 0) is 54.1 Å². The maximum absolute atomic E-state index is 12.2. The summed E-state index contributed by atoms with van der Waals surface area (Å²) in [5, 5.41) is 3.40. The number of carbonyl (C=O) groups excluding carboxylic acids is 1. The number of carbonyl (C=O) groups is 1. The van der Waals surface area contributed by atoms with Gasteiger partial charge in [-0.15, -0.1) is 0 Å². The molecule has 5 heteroatoms. The Bertz CT molecular complexity index is 854. The van der Waals surface area contributed by atoms with Crippen molar-refractivity contribution in [2.45, 2.75) is 6.92 Å². The van der Waals surface area contributed by atoms with Crippen LogP contribution in [0.2, 0.25) is 0 Å². The number of nitrogens with one attached hydrogen (secondary N) is 1. The van der Waals surface area contributed by atoms with E-state index in [4.69, 9.17) is 4.74 Å². The molecule has 1 aliphatic heterocycles. The normalized spacial score (nSPS) is 16.9. The fraction of sp³-hybridized carbons (Fsp3) is 0.100. The first-order chi connectivity index (χ1) is 12.2. The first-order valence-corrected chi connectivity index (χ1v) is 8.66. The van der Waals surface area contributed by atoms with Gasteiger partial charge in [0, 0.05) is 0 Å². The summed E-state index contributed by atoms with van der Waals surface area (Å²) >= 11 is 1.34. The number of thioether (sulfide) groups is 1. The van der Waals surface area contributed by atoms with E-state index in [2.05, 4.69) is 16.9 Å². The van der Waals surface area contributed by atoms with Crippen LogP contribution in [-0.4, -0.2) is 17.7 Å². The van der Waals surface area contributed by atoms with Gasteiger partial charge in [-0.2, -0.15) is 0 Å². The Balaban J connectivity index is 1.75. The molecule has 1 aliphatic rings. The van der Waals surface area contributed by atoms with Crippen molar-refractivity contribution in [3.63, 3.8) is 0 Å². The van der Waals surface area contributed by atoms with Crippen molar-refractivity contribution in [1.29, 1.82) is 0 Å². The fourth-order valence-corrected chi connectivity index (χ4v) is 3.08. The molecule has 1 saturated heterocycles. The van der Waals surface area contributed by atoms with Crippen molar-refractivity contribution in [3.05, 3.63) is 77.2 Å². The predicted octanol–water partition coefficient (Wildman–Crippen LogP) is 4.45. The summed E-state index contributed by atoms with van der Waals surface area (Å²) in [6.07, 6.45) is 3.54. The van der Waals surface area contributed by atoms with Gasteiger partial charge in [-0.3, -0.25) is 4.79 Å². The Morgan fingerprint density at radius 3 is 2.68 bits per heavy atom. The molecular weight excluding hydrogens is 332 g/mol. The molecule has 0 atom stereocenters. The topological polar surface area (TPSA) is 50.7 Å². The molecule has 25 heavy (non-hydrogen) atoms. The molecule has 0 aromatic heterocycles. The van der Waals surface area contributed by atoms with Crippen LogP contribution < -0.4 is 10.1 Å². The van der Waals surface area contributed by atoms with Crippen molar-refractivity contribution in [3.8, 4) is 5.75 Å². The van der Waals surface area contributed by atoms with Crippen LogP contribution in [0.25, 0.3) is 6.08 Å². The van der Waals surface area contributed by atoms with Gasteiger partial charge in [0.05, 0.1) is 10.6 Å². The summed E-state index contributed by atoms with van der Waals surface area (Å²) in [6, 6.07) is 15.4. The number of aryl methyl sites for hydroxylation is 1. The van der Waals surface area contributed by atoms with E-state index in [1.54, 1.807) is 6.08 Å². The number of amidine groups is 1. The molecule has 0 unspecified atom stereocenters. The van der Waals surface area contributed by atoms with Gasteiger partial charge in [0.1, 0.15) is 12.4 Å². The van der Waals surface area contributed by atoms with E-state index >= 15 is 0 Å². The number of aliphatic imine (C=N–C) groups is 1. The minimum atomic E-state index is -0.135. The van der Waals surface area contributed by atoms with Crippen molar-refractivity contribution < 1.29 is 9.53 Å². The minimum Gasteiger partial charge on any atom is -0.490 e. The van der Waals surface area contributed by atoms with Crippen LogP contribution in [0.1, 0.15) is 11.1 Å². The molecule has 0 aliphatic carbocycles. The van der Waals surface area contributed by atoms with Crippen LogP contribution in [0.3, 0.4) is 0 Å². The standard InChI is InChI=1S/C20H18N2O2S/c1-3-12-24-16-10-8-15(9-11-16)13-18-19(23)22-20(25-18)21-17-7-5-4-6-14(17)2/h3-11,13H,1,12H2,2H3,(H,21,22,23)/b18-13-. The number of hydrogen-bond acceptors (Lipinski definition) is 4. The number of hydrogen-bond donors (Lipinski definition) is 1. The molecule has 2 aromatic rings. The molecule has 1 fully saturated rings. The smallest absolute Gasteiger partial charge is 0.264 e. The van der Waals surface area contributed by atoms with E-state index < -0.39 is 0 Å². The number of benzene rings is 2. The monoisotopic (exact) mass is 350 g/mol. The zero-order valence-electron chi connectivity index (χ0n) is 13.9. The first-order valence-electron chi connectivity index (χ1n) is 7.84. The van der Waals surface area contributed by atoms with E-state index in [1.165, 1.54) is 11.8 Å². The molecule has 3 rings (SSSR count). The van der Waals surface area contributed by atoms with Crippen molar-refractivity contribution in [2.24, 2.45) is 4.99 Å². The third-order valence-corrected chi connectivity index (χ3v) is 4.44. The Labute approximate surface area is 151 Å². The predicted molar refractivity (Wildman–Crippen MR) is 104 cm³/mol. The third kappa shape index (κ3) is 4.39. The average Bonchev–Trinajstić information content (AvgIpc) is 2.95. The molecule has 126 valence electrons. The highest BCUT2D eigenvalue weighted by Gasteiger charge is 2.23. The lowest BCUT2D eigenvalue weighted by Gasteiger charge is -2.03. The summed E-state index contributed by atoms with van der Waals surface area (Å²) in [5.41, 5.74) is 2.86. The lowest BCUT2D eigenvalue weighted by Crippen LogP contribution is -2.19. The number of rotatable bonds is 5. The van der Waals surface area contributed by atoms with Crippen LogP contribution >= 0.6 is 11.8 Å². The summed E-state index contributed by atoms with van der Waals surface area (Å²) < 4.78 is 5.45. The van der Waals surface area contributed by atoms with Gasteiger partial charge in [0.25, 0.3) is 5.91 Å². The van der Waals surface area contributed by atoms with E-state index in [9.17, 15) is 4.79 Å². The van der Waals surface area contributed by atoms with Crippen LogP contribution in [-0.2, 0) is 4.79 Å². The Hall–Kier alpha value is -2.79. The Morgan fingerprint density at radius 2 is 1.96 bits per heavy atom. The van der Waals surface area contributed by atoms with Gasteiger partial charge in [0.2, 0.25) is 0 Å². The minimum absolute atomic E-state index is 0.135. The lowest BCUT2D eigenvalue weighted by atomic mass is 10.2.